The summed E-state index contributed by atoms with van der Waals surface area (Å²) in [4.78, 5) is 29.5. The summed E-state index contributed by atoms with van der Waals surface area (Å²) >= 11 is 0. The zero-order chi connectivity index (χ0) is 20.7. The quantitative estimate of drug-likeness (QED) is 0.794. The average Bonchev–Trinajstić information content (AvgIpc) is 3.49. The molecule has 4 unspecified atom stereocenters. The number of hydrogen-bond donors (Lipinski definition) is 2. The number of hydrogen-bond acceptors (Lipinski definition) is 4. The van der Waals surface area contributed by atoms with Crippen LogP contribution >= 0.6 is 0 Å². The molecular formula is C23H31N5O2. The lowest BCUT2D eigenvalue weighted by molar-refractivity contribution is -0.123. The minimum absolute atomic E-state index is 0.0403. The first-order valence-electron chi connectivity index (χ1n) is 11.3. The summed E-state index contributed by atoms with van der Waals surface area (Å²) in [5.41, 5.74) is 1.36. The zero-order valence-electron chi connectivity index (χ0n) is 17.6. The van der Waals surface area contributed by atoms with Gasteiger partial charge in [0, 0.05) is 37.6 Å². The number of fused-ring (bicyclic) bond motifs is 3. The van der Waals surface area contributed by atoms with Crippen LogP contribution in [0, 0.1) is 17.8 Å². The topological polar surface area (TPSA) is 81.3 Å². The Bertz CT molecular complexity index is 933. The standard InChI is InChI=1S/C23H31N5O2/c1-15(19-13-16-6-7-17(19)12-16)24-21(29)14-27-8-10-28(11-9-27)23(30)22-18-4-2-3-5-20(18)25-26-22/h2-5,15-17,19H,6-14H2,1H3,(H,24,29)(H,25,26). The van der Waals surface area contributed by atoms with E-state index in [2.05, 4.69) is 27.3 Å². The minimum atomic E-state index is -0.0403. The largest absolute Gasteiger partial charge is 0.352 e. The van der Waals surface area contributed by atoms with Crippen molar-refractivity contribution in [3.05, 3.63) is 30.0 Å². The first-order valence-corrected chi connectivity index (χ1v) is 11.3. The molecule has 7 nitrogen and oxygen atoms in total. The van der Waals surface area contributed by atoms with E-state index in [0.717, 1.165) is 22.7 Å². The Morgan fingerprint density at radius 1 is 1.17 bits per heavy atom. The molecule has 5 rings (SSSR count). The van der Waals surface area contributed by atoms with Gasteiger partial charge in [-0.25, -0.2) is 0 Å². The third kappa shape index (κ3) is 3.71. The second-order valence-corrected chi connectivity index (χ2v) is 9.38. The number of benzene rings is 1. The van der Waals surface area contributed by atoms with Gasteiger partial charge >= 0.3 is 0 Å². The number of nitrogens with zero attached hydrogens (tertiary/aromatic N) is 3. The summed E-state index contributed by atoms with van der Waals surface area (Å²) < 4.78 is 0. The second-order valence-electron chi connectivity index (χ2n) is 9.38. The molecule has 2 aliphatic carbocycles. The normalized spacial score (nSPS) is 27.5. The van der Waals surface area contributed by atoms with Crippen molar-refractivity contribution in [2.24, 2.45) is 17.8 Å². The highest BCUT2D eigenvalue weighted by Gasteiger charge is 2.42. The van der Waals surface area contributed by atoms with Gasteiger partial charge in [-0.1, -0.05) is 24.6 Å². The average molecular weight is 410 g/mol. The van der Waals surface area contributed by atoms with Crippen LogP contribution in [-0.2, 0) is 4.79 Å². The number of carbonyl (C=O) groups is 2. The molecule has 1 aliphatic heterocycles. The first kappa shape index (κ1) is 19.5. The van der Waals surface area contributed by atoms with Crippen molar-refractivity contribution in [3.63, 3.8) is 0 Å². The van der Waals surface area contributed by atoms with Crippen molar-refractivity contribution in [2.45, 2.75) is 38.6 Å². The lowest BCUT2D eigenvalue weighted by Gasteiger charge is -2.34. The highest BCUT2D eigenvalue weighted by molar-refractivity contribution is 6.04. The Morgan fingerprint density at radius 2 is 1.97 bits per heavy atom. The number of rotatable bonds is 5. The molecule has 2 bridgehead atoms. The number of aromatic amines is 1. The number of carbonyl (C=O) groups excluding carboxylic acids is 2. The van der Waals surface area contributed by atoms with E-state index in [9.17, 15) is 9.59 Å². The van der Waals surface area contributed by atoms with Crippen LogP contribution in [0.1, 0.15) is 43.1 Å². The summed E-state index contributed by atoms with van der Waals surface area (Å²) in [5, 5.41) is 11.3. The van der Waals surface area contributed by atoms with Gasteiger partial charge in [-0.3, -0.25) is 19.6 Å². The van der Waals surface area contributed by atoms with Crippen molar-refractivity contribution in [1.82, 2.24) is 25.3 Å². The van der Waals surface area contributed by atoms with E-state index in [1.165, 1.54) is 25.7 Å². The molecular weight excluding hydrogens is 378 g/mol. The number of aromatic nitrogens is 2. The van der Waals surface area contributed by atoms with E-state index in [4.69, 9.17) is 0 Å². The fourth-order valence-corrected chi connectivity index (χ4v) is 5.90. The highest BCUT2D eigenvalue weighted by atomic mass is 16.2. The van der Waals surface area contributed by atoms with Crippen LogP contribution in [-0.4, -0.2) is 70.6 Å². The van der Waals surface area contributed by atoms with Crippen LogP contribution in [0.2, 0.25) is 0 Å². The summed E-state index contributed by atoms with van der Waals surface area (Å²) in [5.74, 6) is 2.45. The molecule has 160 valence electrons. The van der Waals surface area contributed by atoms with Crippen molar-refractivity contribution >= 4 is 22.7 Å². The van der Waals surface area contributed by atoms with Crippen LogP contribution in [0.25, 0.3) is 10.9 Å². The van der Waals surface area contributed by atoms with Crippen LogP contribution in [0.5, 0.6) is 0 Å². The lowest BCUT2D eigenvalue weighted by Crippen LogP contribution is -2.52. The van der Waals surface area contributed by atoms with Crippen molar-refractivity contribution in [2.75, 3.05) is 32.7 Å². The Hall–Kier alpha value is -2.41. The Labute approximate surface area is 177 Å². The molecule has 3 fully saturated rings. The predicted molar refractivity (Wildman–Crippen MR) is 115 cm³/mol. The summed E-state index contributed by atoms with van der Waals surface area (Å²) in [7, 11) is 0. The van der Waals surface area contributed by atoms with E-state index in [-0.39, 0.29) is 17.9 Å². The summed E-state index contributed by atoms with van der Waals surface area (Å²) in [6.45, 7) is 5.26. The molecule has 1 aromatic heterocycles. The molecule has 2 heterocycles. The maximum absolute atomic E-state index is 12.9. The first-order chi connectivity index (χ1) is 14.6. The molecule has 7 heteroatoms. The van der Waals surface area contributed by atoms with Crippen LogP contribution < -0.4 is 5.32 Å². The van der Waals surface area contributed by atoms with Crippen LogP contribution in [0.4, 0.5) is 0 Å². The number of amides is 2. The minimum Gasteiger partial charge on any atom is -0.352 e. The highest BCUT2D eigenvalue weighted by Crippen LogP contribution is 2.49. The van der Waals surface area contributed by atoms with Gasteiger partial charge in [0.05, 0.1) is 12.1 Å². The van der Waals surface area contributed by atoms with E-state index >= 15 is 0 Å². The van der Waals surface area contributed by atoms with E-state index in [1.807, 2.05) is 29.2 Å². The molecule has 1 saturated heterocycles. The van der Waals surface area contributed by atoms with E-state index in [1.54, 1.807) is 0 Å². The predicted octanol–water partition coefficient (Wildman–Crippen LogP) is 2.26. The van der Waals surface area contributed by atoms with E-state index < -0.39 is 0 Å². The Kier molecular flexibility index (Phi) is 5.23. The maximum atomic E-state index is 12.9. The number of piperazine rings is 1. The molecule has 3 aliphatic rings. The van der Waals surface area contributed by atoms with Gasteiger partial charge in [0.1, 0.15) is 0 Å². The molecule has 0 radical (unpaired) electrons. The zero-order valence-corrected chi connectivity index (χ0v) is 17.6. The number of para-hydroxylation sites is 1. The number of nitrogens with one attached hydrogen (secondary N) is 2. The van der Waals surface area contributed by atoms with Crippen LogP contribution in [0.3, 0.4) is 0 Å². The monoisotopic (exact) mass is 409 g/mol. The Balaban J connectivity index is 1.11. The fraction of sp³-hybridized carbons (Fsp3) is 0.609. The van der Waals surface area contributed by atoms with Gasteiger partial charge < -0.3 is 10.2 Å². The molecule has 2 amide bonds. The van der Waals surface area contributed by atoms with Gasteiger partial charge in [0.25, 0.3) is 5.91 Å². The third-order valence-corrected chi connectivity index (χ3v) is 7.52. The Morgan fingerprint density at radius 3 is 2.70 bits per heavy atom. The van der Waals surface area contributed by atoms with Gasteiger partial charge in [0.15, 0.2) is 5.69 Å². The van der Waals surface area contributed by atoms with Gasteiger partial charge in [-0.15, -0.1) is 0 Å². The molecule has 0 spiro atoms. The molecule has 2 aromatic rings. The molecule has 4 atom stereocenters. The second kappa shape index (κ2) is 8.02. The smallest absolute Gasteiger partial charge is 0.275 e. The number of H-pyrrole nitrogens is 1. The third-order valence-electron chi connectivity index (χ3n) is 7.52. The van der Waals surface area contributed by atoms with Gasteiger partial charge in [-0.05, 0) is 50.0 Å². The maximum Gasteiger partial charge on any atom is 0.275 e. The fourth-order valence-electron chi connectivity index (χ4n) is 5.90. The molecule has 2 N–H and O–H groups in total. The van der Waals surface area contributed by atoms with Crippen molar-refractivity contribution < 1.29 is 9.59 Å². The molecule has 1 aromatic carbocycles. The lowest BCUT2D eigenvalue weighted by atomic mass is 9.84. The van der Waals surface area contributed by atoms with Crippen molar-refractivity contribution in [3.8, 4) is 0 Å². The van der Waals surface area contributed by atoms with Gasteiger partial charge in [-0.2, -0.15) is 5.10 Å². The van der Waals surface area contributed by atoms with E-state index in [0.29, 0.717) is 44.3 Å². The SMILES string of the molecule is CC(NC(=O)CN1CCN(C(=O)c2n[nH]c3ccccc23)CC1)C1CC2CCC1C2. The van der Waals surface area contributed by atoms with Gasteiger partial charge in [0.2, 0.25) is 5.91 Å². The molecule has 2 saturated carbocycles. The van der Waals surface area contributed by atoms with Crippen LogP contribution in [0.15, 0.2) is 24.3 Å². The summed E-state index contributed by atoms with van der Waals surface area (Å²) in [6.07, 6.45) is 5.39. The van der Waals surface area contributed by atoms with Crippen molar-refractivity contribution in [1.29, 1.82) is 0 Å². The summed E-state index contributed by atoms with van der Waals surface area (Å²) in [6, 6.07) is 7.96. The molecule has 30 heavy (non-hydrogen) atoms.